The zero-order chi connectivity index (χ0) is 19.2. The monoisotopic (exact) mass is 375 g/mol. The van der Waals surface area contributed by atoms with E-state index in [4.69, 9.17) is 0 Å². The second kappa shape index (κ2) is 8.63. The van der Waals surface area contributed by atoms with Crippen molar-refractivity contribution in [2.24, 2.45) is 0 Å². The molecule has 0 radical (unpaired) electrons. The minimum Gasteiger partial charge on any atom is -0.324 e. The van der Waals surface area contributed by atoms with Gasteiger partial charge in [-0.1, -0.05) is 48.0 Å². The molecule has 136 valence electrons. The molecule has 0 aliphatic rings. The minimum atomic E-state index is -0.440. The van der Waals surface area contributed by atoms with Gasteiger partial charge in [-0.25, -0.2) is 0 Å². The second-order valence-electron chi connectivity index (χ2n) is 6.39. The highest BCUT2D eigenvalue weighted by molar-refractivity contribution is 7.10. The van der Waals surface area contributed by atoms with Crippen molar-refractivity contribution < 1.29 is 4.79 Å². The molecule has 0 saturated carbocycles. The van der Waals surface area contributed by atoms with Gasteiger partial charge in [0, 0.05) is 4.88 Å². The Labute approximate surface area is 163 Å². The highest BCUT2D eigenvalue weighted by atomic mass is 32.1. The Morgan fingerprint density at radius 1 is 1.07 bits per heavy atom. The molecule has 5 heteroatoms. The average molecular weight is 375 g/mol. The Hall–Kier alpha value is -2.94. The molecule has 0 spiro atoms. The van der Waals surface area contributed by atoms with Crippen molar-refractivity contribution >= 4 is 22.9 Å². The molecule has 0 aliphatic carbocycles. The van der Waals surface area contributed by atoms with Crippen LogP contribution in [-0.4, -0.2) is 11.9 Å². The molecule has 3 rings (SSSR count). The maximum Gasteiger partial charge on any atom is 0.241 e. The van der Waals surface area contributed by atoms with Crippen molar-refractivity contribution in [2.45, 2.75) is 25.9 Å². The van der Waals surface area contributed by atoms with Crippen LogP contribution in [0, 0.1) is 18.3 Å². The average Bonchev–Trinajstić information content (AvgIpc) is 3.21. The number of amides is 1. The summed E-state index contributed by atoms with van der Waals surface area (Å²) < 4.78 is 0. The van der Waals surface area contributed by atoms with Gasteiger partial charge in [-0.3, -0.25) is 10.1 Å². The number of aryl methyl sites for hydroxylation is 1. The van der Waals surface area contributed by atoms with Gasteiger partial charge in [-0.2, -0.15) is 5.26 Å². The van der Waals surface area contributed by atoms with Crippen molar-refractivity contribution in [3.8, 4) is 6.07 Å². The van der Waals surface area contributed by atoms with E-state index in [9.17, 15) is 10.1 Å². The summed E-state index contributed by atoms with van der Waals surface area (Å²) in [6.45, 7) is 3.89. The first kappa shape index (κ1) is 18.8. The molecule has 2 atom stereocenters. The molecule has 1 aromatic heterocycles. The molecule has 4 nitrogen and oxygen atoms in total. The minimum absolute atomic E-state index is 0.0717. The van der Waals surface area contributed by atoms with Crippen molar-refractivity contribution in [3.05, 3.63) is 87.6 Å². The van der Waals surface area contributed by atoms with E-state index in [2.05, 4.69) is 54.0 Å². The van der Waals surface area contributed by atoms with Gasteiger partial charge in [-0.15, -0.1) is 11.3 Å². The van der Waals surface area contributed by atoms with E-state index in [0.29, 0.717) is 11.3 Å². The summed E-state index contributed by atoms with van der Waals surface area (Å²) in [6.07, 6.45) is 0. The summed E-state index contributed by atoms with van der Waals surface area (Å²) in [5.41, 5.74) is 3.29. The Balaban J connectivity index is 1.78. The molecule has 0 bridgehead atoms. The van der Waals surface area contributed by atoms with Crippen molar-refractivity contribution in [1.82, 2.24) is 5.32 Å². The lowest BCUT2D eigenvalue weighted by molar-refractivity contribution is -0.117. The fourth-order valence-corrected chi connectivity index (χ4v) is 3.62. The van der Waals surface area contributed by atoms with Gasteiger partial charge < -0.3 is 5.32 Å². The van der Waals surface area contributed by atoms with Crippen LogP contribution in [0.4, 0.5) is 5.69 Å². The standard InChI is InChI=1S/C22H21N3OS/c1-15-9-11-17(12-10-15)21(20-8-5-13-27-20)24-16(2)22(26)25-19-7-4-3-6-18(19)14-23/h3-13,16,21,24H,1-2H3,(H,25,26)/t16-,21+/m1/s1. The number of hydrogen-bond acceptors (Lipinski definition) is 4. The number of nitrogens with zero attached hydrogens (tertiary/aromatic N) is 1. The lowest BCUT2D eigenvalue weighted by atomic mass is 10.0. The lowest BCUT2D eigenvalue weighted by Gasteiger charge is -2.23. The summed E-state index contributed by atoms with van der Waals surface area (Å²) in [6, 6.07) is 21.0. The first-order valence-corrected chi connectivity index (χ1v) is 9.62. The Bertz CT molecular complexity index is 942. The number of nitriles is 1. The van der Waals surface area contributed by atoms with E-state index >= 15 is 0 Å². The van der Waals surface area contributed by atoms with Crippen LogP contribution in [0.25, 0.3) is 0 Å². The predicted octanol–water partition coefficient (Wildman–Crippen LogP) is 4.63. The molecule has 1 amide bonds. The zero-order valence-electron chi connectivity index (χ0n) is 15.3. The smallest absolute Gasteiger partial charge is 0.241 e. The fraction of sp³-hybridized carbons (Fsp3) is 0.182. The molecular formula is C22H21N3OS. The van der Waals surface area contributed by atoms with Crippen LogP contribution in [0.3, 0.4) is 0 Å². The zero-order valence-corrected chi connectivity index (χ0v) is 16.1. The number of hydrogen-bond donors (Lipinski definition) is 2. The van der Waals surface area contributed by atoms with Crippen LogP contribution in [0.2, 0.25) is 0 Å². The lowest BCUT2D eigenvalue weighted by Crippen LogP contribution is -2.40. The van der Waals surface area contributed by atoms with Crippen LogP contribution < -0.4 is 10.6 Å². The van der Waals surface area contributed by atoms with Crippen molar-refractivity contribution in [3.63, 3.8) is 0 Å². The second-order valence-corrected chi connectivity index (χ2v) is 7.37. The number of thiophene rings is 1. The number of rotatable bonds is 6. The molecule has 0 fully saturated rings. The number of benzene rings is 2. The summed E-state index contributed by atoms with van der Waals surface area (Å²) in [4.78, 5) is 13.8. The molecule has 0 saturated heterocycles. The van der Waals surface area contributed by atoms with Gasteiger partial charge in [0.25, 0.3) is 0 Å². The normalized spacial score (nSPS) is 12.8. The molecule has 0 unspecified atom stereocenters. The van der Waals surface area contributed by atoms with Crippen LogP contribution in [0.1, 0.15) is 34.5 Å². The van der Waals surface area contributed by atoms with Crippen LogP contribution in [0.5, 0.6) is 0 Å². The van der Waals surface area contributed by atoms with Gasteiger partial charge in [0.05, 0.1) is 23.3 Å². The van der Waals surface area contributed by atoms with E-state index in [1.807, 2.05) is 18.4 Å². The maximum absolute atomic E-state index is 12.7. The van der Waals surface area contributed by atoms with Gasteiger partial charge in [0.2, 0.25) is 5.91 Å². The highest BCUT2D eigenvalue weighted by Gasteiger charge is 2.22. The molecule has 2 N–H and O–H groups in total. The number of carbonyl (C=O) groups excluding carboxylic acids is 1. The van der Waals surface area contributed by atoms with Crippen LogP contribution >= 0.6 is 11.3 Å². The summed E-state index contributed by atoms with van der Waals surface area (Å²) in [5, 5.41) is 17.5. The molecule has 1 heterocycles. The van der Waals surface area contributed by atoms with E-state index in [1.165, 1.54) is 5.56 Å². The Morgan fingerprint density at radius 2 is 1.81 bits per heavy atom. The van der Waals surface area contributed by atoms with Gasteiger partial charge in [0.1, 0.15) is 6.07 Å². The molecular weight excluding hydrogens is 354 g/mol. The van der Waals surface area contributed by atoms with E-state index in [-0.39, 0.29) is 11.9 Å². The third kappa shape index (κ3) is 4.62. The van der Waals surface area contributed by atoms with Gasteiger partial charge in [-0.05, 0) is 43.0 Å². The van der Waals surface area contributed by atoms with Gasteiger partial charge >= 0.3 is 0 Å². The third-order valence-electron chi connectivity index (χ3n) is 4.35. The van der Waals surface area contributed by atoms with E-state index < -0.39 is 6.04 Å². The Morgan fingerprint density at radius 3 is 2.48 bits per heavy atom. The Kier molecular flexibility index (Phi) is 6.02. The molecule has 2 aromatic carbocycles. The molecule has 0 aliphatic heterocycles. The molecule has 27 heavy (non-hydrogen) atoms. The maximum atomic E-state index is 12.7. The fourth-order valence-electron chi connectivity index (χ4n) is 2.81. The first-order chi connectivity index (χ1) is 13.1. The summed E-state index contributed by atoms with van der Waals surface area (Å²) >= 11 is 1.66. The number of anilines is 1. The largest absolute Gasteiger partial charge is 0.324 e. The van der Waals surface area contributed by atoms with Gasteiger partial charge in [0.15, 0.2) is 0 Å². The number of nitrogens with one attached hydrogen (secondary N) is 2. The van der Waals surface area contributed by atoms with Crippen LogP contribution in [-0.2, 0) is 4.79 Å². The van der Waals surface area contributed by atoms with Crippen LogP contribution in [0.15, 0.2) is 66.0 Å². The summed E-state index contributed by atoms with van der Waals surface area (Å²) in [7, 11) is 0. The topological polar surface area (TPSA) is 64.9 Å². The molecule has 3 aromatic rings. The number of para-hydroxylation sites is 1. The van der Waals surface area contributed by atoms with Crippen molar-refractivity contribution in [1.29, 1.82) is 5.26 Å². The summed E-state index contributed by atoms with van der Waals surface area (Å²) in [5.74, 6) is -0.175. The van der Waals surface area contributed by atoms with E-state index in [1.54, 1.807) is 35.6 Å². The van der Waals surface area contributed by atoms with E-state index in [0.717, 1.165) is 10.4 Å². The third-order valence-corrected chi connectivity index (χ3v) is 5.29. The SMILES string of the molecule is Cc1ccc([C@H](N[C@H](C)C(=O)Nc2ccccc2C#N)c2cccs2)cc1. The quantitative estimate of drug-likeness (QED) is 0.660. The number of carbonyl (C=O) groups is 1. The highest BCUT2D eigenvalue weighted by Crippen LogP contribution is 2.27. The first-order valence-electron chi connectivity index (χ1n) is 8.74. The van der Waals surface area contributed by atoms with Crippen molar-refractivity contribution in [2.75, 3.05) is 5.32 Å². The predicted molar refractivity (Wildman–Crippen MR) is 110 cm³/mol.